The highest BCUT2D eigenvalue weighted by Crippen LogP contribution is 2.46. The van der Waals surface area contributed by atoms with Gasteiger partial charge in [0.05, 0.1) is 0 Å². The Morgan fingerprint density at radius 3 is 1.45 bits per heavy atom. The Morgan fingerprint density at radius 1 is 0.500 bits per heavy atom. The molecule has 0 spiro atoms. The van der Waals surface area contributed by atoms with Gasteiger partial charge in [0.25, 0.3) is 0 Å². The molecule has 0 bridgehead atoms. The molecule has 1 heteroatoms. The largest absolute Gasteiger partial charge is 0.107 e. The number of aryl methyl sites for hydroxylation is 3. The predicted octanol–water partition coefficient (Wildman–Crippen LogP) is 10.6. The topological polar surface area (TPSA) is 0 Å². The van der Waals surface area contributed by atoms with E-state index in [0.29, 0.717) is 0 Å². The molecule has 2 aliphatic carbocycles. The lowest BCUT2D eigenvalue weighted by Crippen LogP contribution is -2.37. The molecule has 42 heavy (non-hydrogen) atoms. The lowest BCUT2D eigenvalue weighted by Gasteiger charge is -2.31. The van der Waals surface area contributed by atoms with Crippen molar-refractivity contribution in [3.63, 3.8) is 0 Å². The van der Waals surface area contributed by atoms with E-state index in [1.165, 1.54) is 67.2 Å². The van der Waals surface area contributed by atoms with Crippen molar-refractivity contribution in [2.24, 2.45) is 0 Å². The fourth-order valence-corrected chi connectivity index (χ4v) is 11.2. The number of allylic oxidation sites excluding steroid dienone is 2. The van der Waals surface area contributed by atoms with Gasteiger partial charge >= 0.3 is 0 Å². The molecular formula is C41H38Si. The van der Waals surface area contributed by atoms with Gasteiger partial charge in [-0.25, -0.2) is 0 Å². The summed E-state index contributed by atoms with van der Waals surface area (Å²) in [4.78, 5) is 0. The van der Waals surface area contributed by atoms with Gasteiger partial charge in [0, 0.05) is 0 Å². The summed E-state index contributed by atoms with van der Waals surface area (Å²) in [6, 6.07) is 43.9. The molecule has 0 heterocycles. The molecule has 0 atom stereocenters. The van der Waals surface area contributed by atoms with E-state index >= 15 is 0 Å². The summed E-state index contributed by atoms with van der Waals surface area (Å²) in [5.74, 6) is 0. The Bertz CT molecular complexity index is 1740. The number of benzene rings is 5. The van der Waals surface area contributed by atoms with E-state index < -0.39 is 8.07 Å². The van der Waals surface area contributed by atoms with Crippen molar-refractivity contribution in [2.45, 2.75) is 45.7 Å². The second-order valence-corrected chi connectivity index (χ2v) is 16.8. The SMILES string of the molecule is Cc1ccccc1-c1cccc2c1C=C([Si](C)(CCc1ccccc1)C1=Cc3c(cccc3-c3ccccc3C)C1)C2. The molecule has 0 N–H and O–H groups in total. The van der Waals surface area contributed by atoms with Crippen molar-refractivity contribution >= 4 is 20.2 Å². The maximum Gasteiger partial charge on any atom is 0.107 e. The van der Waals surface area contributed by atoms with Crippen LogP contribution < -0.4 is 0 Å². The van der Waals surface area contributed by atoms with Gasteiger partial charge in [0.1, 0.15) is 8.07 Å². The molecule has 5 aromatic carbocycles. The van der Waals surface area contributed by atoms with Crippen LogP contribution in [0.1, 0.15) is 38.9 Å². The second-order valence-electron chi connectivity index (χ2n) is 12.4. The number of rotatable bonds is 7. The van der Waals surface area contributed by atoms with Crippen LogP contribution in [0.25, 0.3) is 34.4 Å². The average Bonchev–Trinajstić information content (AvgIpc) is 3.67. The van der Waals surface area contributed by atoms with Gasteiger partial charge in [-0.1, -0.05) is 144 Å². The Labute approximate surface area is 252 Å². The first kappa shape index (κ1) is 26.7. The fourth-order valence-electron chi connectivity index (χ4n) is 7.23. The van der Waals surface area contributed by atoms with Crippen LogP contribution in [0.3, 0.4) is 0 Å². The Morgan fingerprint density at radius 2 is 0.952 bits per heavy atom. The summed E-state index contributed by atoms with van der Waals surface area (Å²) < 4.78 is 0. The van der Waals surface area contributed by atoms with E-state index in [9.17, 15) is 0 Å². The molecule has 0 aliphatic heterocycles. The molecule has 0 nitrogen and oxygen atoms in total. The van der Waals surface area contributed by atoms with Gasteiger partial charge in [0.2, 0.25) is 0 Å². The van der Waals surface area contributed by atoms with Crippen molar-refractivity contribution < 1.29 is 0 Å². The molecule has 206 valence electrons. The summed E-state index contributed by atoms with van der Waals surface area (Å²) in [6.45, 7) is 7.13. The van der Waals surface area contributed by atoms with Gasteiger partial charge < -0.3 is 0 Å². The van der Waals surface area contributed by atoms with Crippen molar-refractivity contribution in [3.05, 3.63) is 165 Å². The van der Waals surface area contributed by atoms with Crippen LogP contribution in [0.4, 0.5) is 0 Å². The van der Waals surface area contributed by atoms with Gasteiger partial charge in [0.15, 0.2) is 0 Å². The zero-order valence-electron chi connectivity index (χ0n) is 25.0. The summed E-state index contributed by atoms with van der Waals surface area (Å²) in [6.07, 6.45) is 8.50. The summed E-state index contributed by atoms with van der Waals surface area (Å²) in [5, 5.41) is 3.37. The van der Waals surface area contributed by atoms with E-state index in [-0.39, 0.29) is 0 Å². The van der Waals surface area contributed by atoms with Crippen molar-refractivity contribution in [1.29, 1.82) is 0 Å². The summed E-state index contributed by atoms with van der Waals surface area (Å²) in [7, 11) is -2.01. The van der Waals surface area contributed by atoms with Crippen LogP contribution in [-0.4, -0.2) is 8.07 Å². The molecule has 0 amide bonds. The van der Waals surface area contributed by atoms with Crippen molar-refractivity contribution in [1.82, 2.24) is 0 Å². The van der Waals surface area contributed by atoms with Gasteiger partial charge in [-0.05, 0) is 100 Å². The third-order valence-corrected chi connectivity index (χ3v) is 14.6. The third-order valence-electron chi connectivity index (χ3n) is 9.84. The molecular weight excluding hydrogens is 521 g/mol. The van der Waals surface area contributed by atoms with Crippen LogP contribution in [0.5, 0.6) is 0 Å². The first-order valence-electron chi connectivity index (χ1n) is 15.3. The number of hydrogen-bond acceptors (Lipinski definition) is 0. The first-order valence-corrected chi connectivity index (χ1v) is 18.0. The molecule has 0 radical (unpaired) electrons. The molecule has 0 unspecified atom stereocenters. The standard InChI is InChI=1S/C41H38Si/c1-29-13-7-9-19-36(29)38-21-11-17-32-25-34(27-40(32)38)42(3,24-23-31-15-5-4-6-16-31)35-26-33-18-12-22-39(41(33)28-35)37-20-10-8-14-30(37)2/h4-22,27-28H,23-26H2,1-3H3. The lowest BCUT2D eigenvalue weighted by atomic mass is 9.94. The molecule has 5 aromatic rings. The van der Waals surface area contributed by atoms with E-state index in [2.05, 4.69) is 148 Å². The normalized spacial score (nSPS) is 13.9. The summed E-state index contributed by atoms with van der Waals surface area (Å²) >= 11 is 0. The van der Waals surface area contributed by atoms with E-state index in [1.807, 2.05) is 0 Å². The number of fused-ring (bicyclic) bond motifs is 2. The van der Waals surface area contributed by atoms with E-state index in [0.717, 1.165) is 19.3 Å². The van der Waals surface area contributed by atoms with Gasteiger partial charge in [-0.3, -0.25) is 0 Å². The van der Waals surface area contributed by atoms with Crippen molar-refractivity contribution in [2.75, 3.05) is 0 Å². The maximum absolute atomic E-state index is 2.66. The minimum atomic E-state index is -2.01. The fraction of sp³-hybridized carbons (Fsp3) is 0.171. The highest BCUT2D eigenvalue weighted by atomic mass is 28.3. The van der Waals surface area contributed by atoms with Crippen LogP contribution >= 0.6 is 0 Å². The number of hydrogen-bond donors (Lipinski definition) is 0. The summed E-state index contributed by atoms with van der Waals surface area (Å²) in [5.41, 5.74) is 15.5. The maximum atomic E-state index is 2.66. The first-order chi connectivity index (χ1) is 20.5. The molecule has 0 saturated heterocycles. The molecule has 2 aliphatic rings. The third kappa shape index (κ3) is 4.72. The highest BCUT2D eigenvalue weighted by Gasteiger charge is 2.40. The van der Waals surface area contributed by atoms with Crippen LogP contribution in [0, 0.1) is 13.8 Å². The molecule has 0 saturated carbocycles. The van der Waals surface area contributed by atoms with E-state index in [1.54, 1.807) is 10.4 Å². The van der Waals surface area contributed by atoms with Crippen LogP contribution in [0.2, 0.25) is 12.6 Å². The average molecular weight is 559 g/mol. The quantitative estimate of drug-likeness (QED) is 0.174. The van der Waals surface area contributed by atoms with Gasteiger partial charge in [-0.15, -0.1) is 0 Å². The smallest absolute Gasteiger partial charge is 0.0712 e. The van der Waals surface area contributed by atoms with Crippen LogP contribution in [0.15, 0.2) is 126 Å². The predicted molar refractivity (Wildman–Crippen MR) is 183 cm³/mol. The monoisotopic (exact) mass is 558 g/mol. The molecule has 7 rings (SSSR count). The molecule has 0 aromatic heterocycles. The highest BCUT2D eigenvalue weighted by molar-refractivity contribution is 6.93. The Balaban J connectivity index is 1.33. The Hall–Kier alpha value is -4.20. The lowest BCUT2D eigenvalue weighted by molar-refractivity contribution is 1.07. The second kappa shape index (κ2) is 10.9. The van der Waals surface area contributed by atoms with Gasteiger partial charge in [-0.2, -0.15) is 0 Å². The Kier molecular flexibility index (Phi) is 6.92. The minimum Gasteiger partial charge on any atom is -0.0712 e. The minimum absolute atomic E-state index is 1.07. The zero-order valence-corrected chi connectivity index (χ0v) is 26.0. The molecule has 0 fully saturated rings. The van der Waals surface area contributed by atoms with Crippen LogP contribution in [-0.2, 0) is 19.3 Å². The van der Waals surface area contributed by atoms with E-state index in [4.69, 9.17) is 0 Å². The van der Waals surface area contributed by atoms with Crippen molar-refractivity contribution in [3.8, 4) is 22.3 Å². The zero-order chi connectivity index (χ0) is 28.7.